The quantitative estimate of drug-likeness (QED) is 0.677. The summed E-state index contributed by atoms with van der Waals surface area (Å²) in [6, 6.07) is 9.70. The van der Waals surface area contributed by atoms with Crippen LogP contribution in [0, 0.1) is 6.92 Å². The molecule has 0 aliphatic rings. The van der Waals surface area contributed by atoms with E-state index in [1.165, 1.54) is 11.3 Å². The topological polar surface area (TPSA) is 20.3 Å². The molecular weight excluding hydrogens is 370 g/mol. The molecule has 0 bridgehead atoms. The Bertz CT molecular complexity index is 634. The van der Waals surface area contributed by atoms with Crippen molar-refractivity contribution in [1.29, 1.82) is 0 Å². The van der Waals surface area contributed by atoms with Crippen molar-refractivity contribution in [1.82, 2.24) is 4.90 Å². The van der Waals surface area contributed by atoms with Gasteiger partial charge in [0.2, 0.25) is 0 Å². The van der Waals surface area contributed by atoms with Gasteiger partial charge in [-0.05, 0) is 66.0 Å². The number of benzene rings is 1. The highest BCUT2D eigenvalue weighted by Gasteiger charge is 2.21. The maximum atomic E-state index is 12.7. The third kappa shape index (κ3) is 4.09. The average molecular weight is 387 g/mol. The summed E-state index contributed by atoms with van der Waals surface area (Å²) >= 11 is 11.0. The van der Waals surface area contributed by atoms with Gasteiger partial charge < -0.3 is 4.90 Å². The predicted octanol–water partition coefficient (Wildman–Crippen LogP) is 5.52. The second kappa shape index (κ2) is 6.95. The number of aryl methyl sites for hydroxylation is 1. The summed E-state index contributed by atoms with van der Waals surface area (Å²) in [7, 11) is 0. The molecule has 0 atom stereocenters. The van der Waals surface area contributed by atoms with Crippen LogP contribution in [0.5, 0.6) is 0 Å². The maximum Gasteiger partial charge on any atom is 0.264 e. The average Bonchev–Trinajstić information content (AvgIpc) is 2.75. The Morgan fingerprint density at radius 3 is 2.62 bits per heavy atom. The van der Waals surface area contributed by atoms with E-state index >= 15 is 0 Å². The molecule has 0 spiro atoms. The summed E-state index contributed by atoms with van der Waals surface area (Å²) in [5.74, 6) is 0.0591. The van der Waals surface area contributed by atoms with E-state index in [0.717, 1.165) is 19.8 Å². The van der Waals surface area contributed by atoms with Gasteiger partial charge in [0.05, 0.1) is 8.66 Å². The summed E-state index contributed by atoms with van der Waals surface area (Å²) in [6.45, 7) is 6.61. The van der Waals surface area contributed by atoms with Crippen molar-refractivity contribution in [3.05, 3.63) is 55.1 Å². The highest BCUT2D eigenvalue weighted by Crippen LogP contribution is 2.29. The Morgan fingerprint density at radius 1 is 1.38 bits per heavy atom. The third-order valence-corrected chi connectivity index (χ3v) is 5.55. The van der Waals surface area contributed by atoms with Crippen LogP contribution in [0.25, 0.3) is 0 Å². The number of thiophene rings is 1. The standard InChI is InChI=1S/C16H17BrClNOS/c1-10(2)19(9-12-5-4-6-13(18)8-12)16(20)14-7-11(3)15(17)21-14/h4-8,10H,9H2,1-3H3. The van der Waals surface area contributed by atoms with Crippen molar-refractivity contribution >= 4 is 44.8 Å². The fourth-order valence-corrected chi connectivity index (χ4v) is 3.73. The summed E-state index contributed by atoms with van der Waals surface area (Å²) in [5.41, 5.74) is 2.13. The molecule has 5 heteroatoms. The van der Waals surface area contributed by atoms with Crippen LogP contribution < -0.4 is 0 Å². The molecule has 0 aliphatic carbocycles. The number of amides is 1. The van der Waals surface area contributed by atoms with Gasteiger partial charge in [-0.3, -0.25) is 4.79 Å². The van der Waals surface area contributed by atoms with E-state index in [1.807, 2.05) is 56.0 Å². The first-order valence-corrected chi connectivity index (χ1v) is 8.68. The summed E-state index contributed by atoms with van der Waals surface area (Å²) in [5, 5.41) is 0.693. The van der Waals surface area contributed by atoms with Crippen molar-refractivity contribution in [2.24, 2.45) is 0 Å². The van der Waals surface area contributed by atoms with E-state index in [0.29, 0.717) is 11.6 Å². The second-order valence-electron chi connectivity index (χ2n) is 5.22. The molecule has 0 saturated heterocycles. The fraction of sp³-hybridized carbons (Fsp3) is 0.312. The Balaban J connectivity index is 2.24. The van der Waals surface area contributed by atoms with Crippen LogP contribution in [0.15, 0.2) is 34.1 Å². The van der Waals surface area contributed by atoms with Gasteiger partial charge in [0.25, 0.3) is 5.91 Å². The smallest absolute Gasteiger partial charge is 0.264 e. The number of halogens is 2. The van der Waals surface area contributed by atoms with Crippen molar-refractivity contribution in [3.8, 4) is 0 Å². The lowest BCUT2D eigenvalue weighted by Crippen LogP contribution is -2.35. The zero-order valence-electron chi connectivity index (χ0n) is 12.2. The number of carbonyl (C=O) groups is 1. The van der Waals surface area contributed by atoms with Gasteiger partial charge in [0.15, 0.2) is 0 Å². The van der Waals surface area contributed by atoms with E-state index in [2.05, 4.69) is 15.9 Å². The molecule has 1 amide bonds. The Hall–Kier alpha value is -0.840. The second-order valence-corrected chi connectivity index (χ2v) is 8.03. The SMILES string of the molecule is Cc1cc(C(=O)N(Cc2cccc(Cl)c2)C(C)C)sc1Br. The van der Waals surface area contributed by atoms with Crippen LogP contribution in [0.4, 0.5) is 0 Å². The lowest BCUT2D eigenvalue weighted by Gasteiger charge is -2.26. The molecule has 0 aliphatic heterocycles. The van der Waals surface area contributed by atoms with Gasteiger partial charge in [-0.2, -0.15) is 0 Å². The Morgan fingerprint density at radius 2 is 2.10 bits per heavy atom. The molecule has 0 saturated carbocycles. The number of hydrogen-bond acceptors (Lipinski definition) is 2. The number of nitrogens with zero attached hydrogens (tertiary/aromatic N) is 1. The summed E-state index contributed by atoms with van der Waals surface area (Å²) in [4.78, 5) is 15.3. The minimum atomic E-state index is 0.0591. The molecule has 1 aromatic carbocycles. The first-order chi connectivity index (χ1) is 9.88. The maximum absolute atomic E-state index is 12.7. The largest absolute Gasteiger partial charge is 0.331 e. The van der Waals surface area contributed by atoms with E-state index in [4.69, 9.17) is 11.6 Å². The molecule has 0 radical (unpaired) electrons. The minimum absolute atomic E-state index is 0.0591. The van der Waals surface area contributed by atoms with Gasteiger partial charge in [-0.1, -0.05) is 23.7 Å². The molecule has 2 aromatic rings. The van der Waals surface area contributed by atoms with Crippen LogP contribution in [0.1, 0.15) is 34.6 Å². The first kappa shape index (κ1) is 16.5. The highest BCUT2D eigenvalue weighted by molar-refractivity contribution is 9.11. The molecule has 1 heterocycles. The molecule has 0 fully saturated rings. The third-order valence-electron chi connectivity index (χ3n) is 3.19. The molecule has 21 heavy (non-hydrogen) atoms. The lowest BCUT2D eigenvalue weighted by molar-refractivity contribution is 0.0695. The molecule has 112 valence electrons. The highest BCUT2D eigenvalue weighted by atomic mass is 79.9. The predicted molar refractivity (Wildman–Crippen MR) is 93.2 cm³/mol. The van der Waals surface area contributed by atoms with Crippen LogP contribution >= 0.6 is 38.9 Å². The van der Waals surface area contributed by atoms with Crippen LogP contribution in [-0.4, -0.2) is 16.8 Å². The zero-order chi connectivity index (χ0) is 15.6. The van der Waals surface area contributed by atoms with Gasteiger partial charge in [0, 0.05) is 17.6 Å². The van der Waals surface area contributed by atoms with Crippen LogP contribution in [-0.2, 0) is 6.54 Å². The Kier molecular flexibility index (Phi) is 5.47. The van der Waals surface area contributed by atoms with Crippen molar-refractivity contribution < 1.29 is 4.79 Å². The van der Waals surface area contributed by atoms with E-state index in [-0.39, 0.29) is 11.9 Å². The van der Waals surface area contributed by atoms with Gasteiger partial charge in [-0.15, -0.1) is 11.3 Å². The summed E-state index contributed by atoms with van der Waals surface area (Å²) in [6.07, 6.45) is 0. The first-order valence-electron chi connectivity index (χ1n) is 6.70. The molecule has 2 nitrogen and oxygen atoms in total. The van der Waals surface area contributed by atoms with Gasteiger partial charge >= 0.3 is 0 Å². The molecule has 2 rings (SSSR count). The monoisotopic (exact) mass is 385 g/mol. The van der Waals surface area contributed by atoms with Crippen molar-refractivity contribution in [2.45, 2.75) is 33.4 Å². The van der Waals surface area contributed by atoms with E-state index < -0.39 is 0 Å². The van der Waals surface area contributed by atoms with Crippen molar-refractivity contribution in [2.75, 3.05) is 0 Å². The molecular formula is C16H17BrClNOS. The van der Waals surface area contributed by atoms with Crippen LogP contribution in [0.3, 0.4) is 0 Å². The molecule has 0 unspecified atom stereocenters. The number of carbonyl (C=O) groups excluding carboxylic acids is 1. The Labute approximate surface area is 142 Å². The number of hydrogen-bond donors (Lipinski definition) is 0. The zero-order valence-corrected chi connectivity index (χ0v) is 15.3. The van der Waals surface area contributed by atoms with Gasteiger partial charge in [-0.25, -0.2) is 0 Å². The van der Waals surface area contributed by atoms with Gasteiger partial charge in [0.1, 0.15) is 0 Å². The number of rotatable bonds is 4. The fourth-order valence-electron chi connectivity index (χ4n) is 2.03. The van der Waals surface area contributed by atoms with E-state index in [1.54, 1.807) is 0 Å². The van der Waals surface area contributed by atoms with E-state index in [9.17, 15) is 4.79 Å². The lowest BCUT2D eigenvalue weighted by atomic mass is 10.1. The molecule has 1 aromatic heterocycles. The minimum Gasteiger partial charge on any atom is -0.331 e. The normalized spacial score (nSPS) is 11.0. The van der Waals surface area contributed by atoms with Crippen molar-refractivity contribution in [3.63, 3.8) is 0 Å². The van der Waals surface area contributed by atoms with Crippen LogP contribution in [0.2, 0.25) is 5.02 Å². The summed E-state index contributed by atoms with van der Waals surface area (Å²) < 4.78 is 1.01. The molecule has 0 N–H and O–H groups in total.